The predicted molar refractivity (Wildman–Crippen MR) is 70.1 cm³/mol. The van der Waals surface area contributed by atoms with E-state index in [0.29, 0.717) is 5.92 Å². The predicted octanol–water partition coefficient (Wildman–Crippen LogP) is 2.43. The van der Waals surface area contributed by atoms with Crippen molar-refractivity contribution in [1.29, 1.82) is 0 Å². The van der Waals surface area contributed by atoms with E-state index >= 15 is 0 Å². The lowest BCUT2D eigenvalue weighted by Gasteiger charge is -2.32. The summed E-state index contributed by atoms with van der Waals surface area (Å²) in [5.41, 5.74) is -0.400. The molecule has 0 aromatic carbocycles. The first-order valence-corrected chi connectivity index (χ1v) is 6.80. The number of carboxylic acids is 1. The summed E-state index contributed by atoms with van der Waals surface area (Å²) >= 11 is 0. The summed E-state index contributed by atoms with van der Waals surface area (Å²) in [7, 11) is 0. The molecule has 104 valence electrons. The minimum atomic E-state index is -0.874. The number of aliphatic carboxylic acids is 1. The topological polar surface area (TPSA) is 66.4 Å². The summed E-state index contributed by atoms with van der Waals surface area (Å²) in [4.78, 5) is 23.2. The van der Waals surface area contributed by atoms with Crippen LogP contribution in [0.4, 0.5) is 0 Å². The lowest BCUT2D eigenvalue weighted by Crippen LogP contribution is -2.48. The number of amides is 1. The lowest BCUT2D eigenvalue weighted by atomic mass is 9.76. The first-order chi connectivity index (χ1) is 8.26. The normalized spacial score (nSPS) is 20.4. The SMILES string of the molecule is CC(NC(=O)C(C)(C)C1CCCC1)C(C)C(=O)O. The highest BCUT2D eigenvalue weighted by molar-refractivity contribution is 5.83. The second-order valence-electron chi connectivity index (χ2n) is 6.09. The molecular weight excluding hydrogens is 230 g/mol. The van der Waals surface area contributed by atoms with Crippen LogP contribution in [0, 0.1) is 17.3 Å². The van der Waals surface area contributed by atoms with Crippen LogP contribution in [0.5, 0.6) is 0 Å². The van der Waals surface area contributed by atoms with Crippen molar-refractivity contribution < 1.29 is 14.7 Å². The van der Waals surface area contributed by atoms with Crippen LogP contribution in [0.25, 0.3) is 0 Å². The molecule has 4 heteroatoms. The zero-order chi connectivity index (χ0) is 13.9. The molecular formula is C14H25NO3. The third-order valence-corrected chi connectivity index (χ3v) is 4.46. The Bertz CT molecular complexity index is 319. The van der Waals surface area contributed by atoms with Gasteiger partial charge in [-0.05, 0) is 32.6 Å². The van der Waals surface area contributed by atoms with E-state index in [9.17, 15) is 9.59 Å². The number of carbonyl (C=O) groups excluding carboxylic acids is 1. The van der Waals surface area contributed by atoms with E-state index in [0.717, 1.165) is 12.8 Å². The lowest BCUT2D eigenvalue weighted by molar-refractivity contribution is -0.142. The van der Waals surface area contributed by atoms with Crippen molar-refractivity contribution in [2.75, 3.05) is 0 Å². The van der Waals surface area contributed by atoms with Crippen LogP contribution in [-0.2, 0) is 9.59 Å². The quantitative estimate of drug-likeness (QED) is 0.793. The third kappa shape index (κ3) is 3.24. The van der Waals surface area contributed by atoms with Gasteiger partial charge in [0.1, 0.15) is 0 Å². The van der Waals surface area contributed by atoms with E-state index in [1.165, 1.54) is 12.8 Å². The second kappa shape index (κ2) is 5.72. The van der Waals surface area contributed by atoms with Gasteiger partial charge in [0.25, 0.3) is 0 Å². The summed E-state index contributed by atoms with van der Waals surface area (Å²) in [5.74, 6) is -1.03. The van der Waals surface area contributed by atoms with Gasteiger partial charge in [-0.1, -0.05) is 26.7 Å². The summed E-state index contributed by atoms with van der Waals surface area (Å²) in [5, 5.41) is 11.8. The summed E-state index contributed by atoms with van der Waals surface area (Å²) in [6.07, 6.45) is 4.59. The minimum absolute atomic E-state index is 0.0185. The summed E-state index contributed by atoms with van der Waals surface area (Å²) in [6, 6.07) is -0.337. The number of hydrogen-bond acceptors (Lipinski definition) is 2. The zero-order valence-corrected chi connectivity index (χ0v) is 11.8. The summed E-state index contributed by atoms with van der Waals surface area (Å²) < 4.78 is 0. The number of rotatable bonds is 5. The van der Waals surface area contributed by atoms with Crippen molar-refractivity contribution in [3.63, 3.8) is 0 Å². The maximum absolute atomic E-state index is 12.3. The molecule has 1 aliphatic rings. The Labute approximate surface area is 109 Å². The van der Waals surface area contributed by atoms with Crippen molar-refractivity contribution >= 4 is 11.9 Å². The molecule has 0 spiro atoms. The van der Waals surface area contributed by atoms with Crippen molar-refractivity contribution in [1.82, 2.24) is 5.32 Å². The van der Waals surface area contributed by atoms with E-state index in [-0.39, 0.29) is 11.9 Å². The van der Waals surface area contributed by atoms with E-state index in [2.05, 4.69) is 5.32 Å². The largest absolute Gasteiger partial charge is 0.481 e. The molecule has 1 fully saturated rings. The van der Waals surface area contributed by atoms with Crippen LogP contribution in [0.2, 0.25) is 0 Å². The molecule has 0 saturated heterocycles. The fourth-order valence-corrected chi connectivity index (χ4v) is 2.56. The molecule has 2 unspecified atom stereocenters. The van der Waals surface area contributed by atoms with Gasteiger partial charge in [-0.25, -0.2) is 0 Å². The molecule has 0 aliphatic heterocycles. The van der Waals surface area contributed by atoms with Crippen LogP contribution < -0.4 is 5.32 Å². The van der Waals surface area contributed by atoms with Gasteiger partial charge in [-0.15, -0.1) is 0 Å². The van der Waals surface area contributed by atoms with Crippen molar-refractivity contribution in [3.05, 3.63) is 0 Å². The van der Waals surface area contributed by atoms with Gasteiger partial charge in [0.15, 0.2) is 0 Å². The average Bonchev–Trinajstić information content (AvgIpc) is 2.81. The maximum atomic E-state index is 12.3. The first-order valence-electron chi connectivity index (χ1n) is 6.80. The highest BCUT2D eigenvalue weighted by Gasteiger charge is 2.39. The molecule has 1 amide bonds. The molecule has 0 radical (unpaired) electrons. The molecule has 1 rings (SSSR count). The van der Waals surface area contributed by atoms with Crippen LogP contribution in [0.1, 0.15) is 53.4 Å². The van der Waals surface area contributed by atoms with Crippen molar-refractivity contribution in [3.8, 4) is 0 Å². The van der Waals surface area contributed by atoms with Gasteiger partial charge in [0, 0.05) is 11.5 Å². The van der Waals surface area contributed by atoms with Crippen LogP contribution in [0.15, 0.2) is 0 Å². The van der Waals surface area contributed by atoms with Crippen LogP contribution in [0.3, 0.4) is 0 Å². The van der Waals surface area contributed by atoms with Gasteiger partial charge < -0.3 is 10.4 Å². The molecule has 0 heterocycles. The number of hydrogen-bond donors (Lipinski definition) is 2. The Balaban J connectivity index is 2.61. The van der Waals surface area contributed by atoms with Crippen molar-refractivity contribution in [2.45, 2.75) is 59.4 Å². The number of nitrogens with one attached hydrogen (secondary N) is 1. The van der Waals surface area contributed by atoms with Crippen molar-refractivity contribution in [2.24, 2.45) is 17.3 Å². The Morgan fingerprint density at radius 2 is 1.72 bits per heavy atom. The van der Waals surface area contributed by atoms with Gasteiger partial charge in [0.2, 0.25) is 5.91 Å². The molecule has 1 aliphatic carbocycles. The fourth-order valence-electron chi connectivity index (χ4n) is 2.56. The molecule has 0 bridgehead atoms. The van der Waals surface area contributed by atoms with E-state index in [1.807, 2.05) is 13.8 Å². The Kier molecular flexibility index (Phi) is 4.77. The number of carbonyl (C=O) groups is 2. The first kappa shape index (κ1) is 15.0. The molecule has 0 aromatic heterocycles. The minimum Gasteiger partial charge on any atom is -0.481 e. The molecule has 2 atom stereocenters. The Hall–Kier alpha value is -1.06. The smallest absolute Gasteiger partial charge is 0.308 e. The van der Waals surface area contributed by atoms with Crippen LogP contribution in [-0.4, -0.2) is 23.0 Å². The Morgan fingerprint density at radius 1 is 1.22 bits per heavy atom. The summed E-state index contributed by atoms with van der Waals surface area (Å²) in [6.45, 7) is 7.31. The molecule has 18 heavy (non-hydrogen) atoms. The average molecular weight is 255 g/mol. The fraction of sp³-hybridized carbons (Fsp3) is 0.857. The molecule has 0 aromatic rings. The monoisotopic (exact) mass is 255 g/mol. The Morgan fingerprint density at radius 3 is 2.17 bits per heavy atom. The highest BCUT2D eigenvalue weighted by Crippen LogP contribution is 2.39. The van der Waals surface area contributed by atoms with Gasteiger partial charge in [-0.3, -0.25) is 9.59 Å². The second-order valence-corrected chi connectivity index (χ2v) is 6.09. The van der Waals surface area contributed by atoms with Gasteiger partial charge in [-0.2, -0.15) is 0 Å². The third-order valence-electron chi connectivity index (χ3n) is 4.46. The zero-order valence-electron chi connectivity index (χ0n) is 11.8. The van der Waals surface area contributed by atoms with Gasteiger partial charge >= 0.3 is 5.97 Å². The molecule has 1 saturated carbocycles. The van der Waals surface area contributed by atoms with E-state index in [4.69, 9.17) is 5.11 Å². The maximum Gasteiger partial charge on any atom is 0.308 e. The standard InChI is InChI=1S/C14H25NO3/c1-9(12(16)17)10(2)15-13(18)14(3,4)11-7-5-6-8-11/h9-11H,5-8H2,1-4H3,(H,15,18)(H,16,17). The molecule has 2 N–H and O–H groups in total. The highest BCUT2D eigenvalue weighted by atomic mass is 16.4. The number of carboxylic acid groups (broad SMARTS) is 1. The van der Waals surface area contributed by atoms with Gasteiger partial charge in [0.05, 0.1) is 5.92 Å². The molecule has 4 nitrogen and oxygen atoms in total. The van der Waals surface area contributed by atoms with E-state index < -0.39 is 17.3 Å². The van der Waals surface area contributed by atoms with E-state index in [1.54, 1.807) is 13.8 Å². The van der Waals surface area contributed by atoms with Crippen LogP contribution >= 0.6 is 0 Å².